The van der Waals surface area contributed by atoms with Crippen LogP contribution in [0.5, 0.6) is 0 Å². The summed E-state index contributed by atoms with van der Waals surface area (Å²) in [6.07, 6.45) is 3.58. The minimum absolute atomic E-state index is 0.140. The van der Waals surface area contributed by atoms with E-state index in [-0.39, 0.29) is 6.03 Å². The fourth-order valence-corrected chi connectivity index (χ4v) is 1.96. The number of carbonyl (C=O) groups is 1. The van der Waals surface area contributed by atoms with Gasteiger partial charge in [0.15, 0.2) is 0 Å². The summed E-state index contributed by atoms with van der Waals surface area (Å²) in [4.78, 5) is 13.3. The van der Waals surface area contributed by atoms with E-state index >= 15 is 0 Å². The van der Waals surface area contributed by atoms with Gasteiger partial charge in [0.2, 0.25) is 0 Å². The van der Waals surface area contributed by atoms with Crippen molar-refractivity contribution < 1.29 is 4.79 Å². The zero-order valence-electron chi connectivity index (χ0n) is 10.4. The molecule has 1 rings (SSSR count). The first-order chi connectivity index (χ1) is 7.53. The highest BCUT2D eigenvalue weighted by atomic mass is 16.2. The average molecular weight is 223 g/mol. The third kappa shape index (κ3) is 2.88. The Morgan fingerprint density at radius 3 is 2.56 bits per heavy atom. The van der Waals surface area contributed by atoms with Crippen molar-refractivity contribution in [2.45, 2.75) is 45.1 Å². The second-order valence-corrected chi connectivity index (χ2v) is 4.82. The molecule has 1 N–H and O–H groups in total. The lowest BCUT2D eigenvalue weighted by Crippen LogP contribution is -2.53. The summed E-state index contributed by atoms with van der Waals surface area (Å²) in [7, 11) is 1.74. The quantitative estimate of drug-likeness (QED) is 0.779. The van der Waals surface area contributed by atoms with Crippen LogP contribution in [0.25, 0.3) is 0 Å². The SMILES string of the molecule is CCN(C)C(=O)NC1(C#N)CCC(C)CC1. The van der Waals surface area contributed by atoms with Crippen molar-refractivity contribution in [3.05, 3.63) is 0 Å². The van der Waals surface area contributed by atoms with Crippen LogP contribution < -0.4 is 5.32 Å². The lowest BCUT2D eigenvalue weighted by Gasteiger charge is -2.35. The summed E-state index contributed by atoms with van der Waals surface area (Å²) in [5.41, 5.74) is -0.632. The van der Waals surface area contributed by atoms with Crippen molar-refractivity contribution in [3.8, 4) is 6.07 Å². The molecular formula is C12H21N3O. The third-order valence-electron chi connectivity index (χ3n) is 3.51. The van der Waals surface area contributed by atoms with Crippen LogP contribution in [0.3, 0.4) is 0 Å². The van der Waals surface area contributed by atoms with Gasteiger partial charge in [-0.25, -0.2) is 4.79 Å². The Bertz CT molecular complexity index is 287. The van der Waals surface area contributed by atoms with Gasteiger partial charge in [-0.05, 0) is 38.5 Å². The molecule has 1 aliphatic carbocycles. The number of nitrogens with one attached hydrogen (secondary N) is 1. The fourth-order valence-electron chi connectivity index (χ4n) is 1.96. The van der Waals surface area contributed by atoms with Gasteiger partial charge in [0.1, 0.15) is 5.54 Å². The van der Waals surface area contributed by atoms with E-state index in [1.54, 1.807) is 11.9 Å². The molecule has 16 heavy (non-hydrogen) atoms. The molecule has 2 amide bonds. The number of hydrogen-bond acceptors (Lipinski definition) is 2. The minimum atomic E-state index is -0.632. The summed E-state index contributed by atoms with van der Waals surface area (Å²) in [6.45, 7) is 4.77. The van der Waals surface area contributed by atoms with Gasteiger partial charge in [-0.3, -0.25) is 0 Å². The molecule has 1 aliphatic rings. The number of carbonyl (C=O) groups excluding carboxylic acids is 1. The fraction of sp³-hybridized carbons (Fsp3) is 0.833. The van der Waals surface area contributed by atoms with E-state index in [0.29, 0.717) is 12.5 Å². The van der Waals surface area contributed by atoms with Gasteiger partial charge in [0.25, 0.3) is 0 Å². The molecule has 1 fully saturated rings. The van der Waals surface area contributed by atoms with Gasteiger partial charge >= 0.3 is 6.03 Å². The van der Waals surface area contributed by atoms with Gasteiger partial charge in [0.05, 0.1) is 6.07 Å². The molecule has 0 aliphatic heterocycles. The Balaban J connectivity index is 2.62. The van der Waals surface area contributed by atoms with E-state index < -0.39 is 5.54 Å². The smallest absolute Gasteiger partial charge is 0.318 e. The first-order valence-corrected chi connectivity index (χ1v) is 5.97. The topological polar surface area (TPSA) is 56.1 Å². The van der Waals surface area contributed by atoms with Crippen LogP contribution in [0, 0.1) is 17.2 Å². The highest BCUT2D eigenvalue weighted by Gasteiger charge is 2.36. The average Bonchev–Trinajstić information content (AvgIpc) is 2.31. The van der Waals surface area contributed by atoms with Crippen molar-refractivity contribution in [2.24, 2.45) is 5.92 Å². The molecule has 4 heteroatoms. The van der Waals surface area contributed by atoms with Crippen molar-refractivity contribution in [1.82, 2.24) is 10.2 Å². The van der Waals surface area contributed by atoms with E-state index in [4.69, 9.17) is 0 Å². The molecule has 0 aromatic heterocycles. The van der Waals surface area contributed by atoms with Gasteiger partial charge in [-0.2, -0.15) is 5.26 Å². The van der Waals surface area contributed by atoms with Crippen molar-refractivity contribution in [2.75, 3.05) is 13.6 Å². The Morgan fingerprint density at radius 1 is 1.56 bits per heavy atom. The molecule has 90 valence electrons. The summed E-state index contributed by atoms with van der Waals surface area (Å²) in [5.74, 6) is 0.669. The predicted octanol–water partition coefficient (Wildman–Crippen LogP) is 2.12. The summed E-state index contributed by atoms with van der Waals surface area (Å²) >= 11 is 0. The molecule has 4 nitrogen and oxygen atoms in total. The Kier molecular flexibility index (Phi) is 4.17. The molecule has 1 saturated carbocycles. The zero-order chi connectivity index (χ0) is 12.2. The first-order valence-electron chi connectivity index (χ1n) is 5.97. The molecule has 0 atom stereocenters. The van der Waals surface area contributed by atoms with Crippen molar-refractivity contribution >= 4 is 6.03 Å². The van der Waals surface area contributed by atoms with Crippen LogP contribution in [-0.2, 0) is 0 Å². The lowest BCUT2D eigenvalue weighted by atomic mass is 9.78. The van der Waals surface area contributed by atoms with Gasteiger partial charge in [-0.15, -0.1) is 0 Å². The molecule has 0 unspecified atom stereocenters. The molecule has 0 spiro atoms. The summed E-state index contributed by atoms with van der Waals surface area (Å²) in [5, 5.41) is 12.1. The monoisotopic (exact) mass is 223 g/mol. The summed E-state index contributed by atoms with van der Waals surface area (Å²) < 4.78 is 0. The van der Waals surface area contributed by atoms with Crippen molar-refractivity contribution in [3.63, 3.8) is 0 Å². The van der Waals surface area contributed by atoms with E-state index in [9.17, 15) is 10.1 Å². The predicted molar refractivity (Wildman–Crippen MR) is 62.8 cm³/mol. The molecule has 0 aromatic rings. The second-order valence-electron chi connectivity index (χ2n) is 4.82. The molecule has 0 aromatic carbocycles. The minimum Gasteiger partial charge on any atom is -0.328 e. The normalized spacial score (nSPS) is 29.2. The Labute approximate surface area is 97.6 Å². The van der Waals surface area contributed by atoms with Gasteiger partial charge in [-0.1, -0.05) is 6.92 Å². The Hall–Kier alpha value is -1.24. The highest BCUT2D eigenvalue weighted by molar-refractivity contribution is 5.75. The van der Waals surface area contributed by atoms with E-state index in [1.807, 2.05) is 6.92 Å². The van der Waals surface area contributed by atoms with Crippen LogP contribution in [0.4, 0.5) is 4.79 Å². The highest BCUT2D eigenvalue weighted by Crippen LogP contribution is 2.31. The van der Waals surface area contributed by atoms with Crippen LogP contribution in [0.1, 0.15) is 39.5 Å². The largest absolute Gasteiger partial charge is 0.328 e. The number of urea groups is 1. The maximum atomic E-state index is 11.8. The van der Waals surface area contributed by atoms with Gasteiger partial charge in [0, 0.05) is 13.6 Å². The van der Waals surface area contributed by atoms with Crippen LogP contribution >= 0.6 is 0 Å². The standard InChI is InChI=1S/C12H21N3O/c1-4-15(3)11(16)14-12(9-13)7-5-10(2)6-8-12/h10H,4-8H2,1-3H3,(H,14,16). The molecule has 0 bridgehead atoms. The van der Waals surface area contributed by atoms with Crippen LogP contribution in [0.2, 0.25) is 0 Å². The number of hydrogen-bond donors (Lipinski definition) is 1. The van der Waals surface area contributed by atoms with Crippen molar-refractivity contribution in [1.29, 1.82) is 5.26 Å². The van der Waals surface area contributed by atoms with Crippen LogP contribution in [-0.4, -0.2) is 30.1 Å². The number of nitriles is 1. The lowest BCUT2D eigenvalue weighted by molar-refractivity contribution is 0.186. The maximum absolute atomic E-state index is 11.8. The van der Waals surface area contributed by atoms with Gasteiger partial charge < -0.3 is 10.2 Å². The molecule has 0 radical (unpaired) electrons. The molecule has 0 saturated heterocycles. The third-order valence-corrected chi connectivity index (χ3v) is 3.51. The molecular weight excluding hydrogens is 202 g/mol. The van der Waals surface area contributed by atoms with Crippen LogP contribution in [0.15, 0.2) is 0 Å². The number of nitrogens with zero attached hydrogens (tertiary/aromatic N) is 2. The Morgan fingerprint density at radius 2 is 2.12 bits per heavy atom. The zero-order valence-corrected chi connectivity index (χ0v) is 10.4. The maximum Gasteiger partial charge on any atom is 0.318 e. The van der Waals surface area contributed by atoms with E-state index in [2.05, 4.69) is 18.3 Å². The first kappa shape index (κ1) is 12.8. The number of rotatable bonds is 2. The molecule has 0 heterocycles. The van der Waals surface area contributed by atoms with E-state index in [1.165, 1.54) is 0 Å². The summed E-state index contributed by atoms with van der Waals surface area (Å²) in [6, 6.07) is 2.15. The van der Waals surface area contributed by atoms with E-state index in [0.717, 1.165) is 25.7 Å². The second kappa shape index (κ2) is 5.20. The number of amides is 2.